The fourth-order valence-electron chi connectivity index (χ4n) is 3.42. The van der Waals surface area contributed by atoms with Crippen molar-refractivity contribution in [3.8, 4) is 0 Å². The van der Waals surface area contributed by atoms with Crippen molar-refractivity contribution >= 4 is 29.4 Å². The van der Waals surface area contributed by atoms with Crippen molar-refractivity contribution in [3.63, 3.8) is 0 Å². The van der Waals surface area contributed by atoms with Crippen LogP contribution < -0.4 is 10.6 Å². The predicted octanol–water partition coefficient (Wildman–Crippen LogP) is 3.29. The lowest BCUT2D eigenvalue weighted by molar-refractivity contribution is -0.135. The van der Waals surface area contributed by atoms with Crippen LogP contribution in [0.2, 0.25) is 5.02 Å². The highest BCUT2D eigenvalue weighted by Crippen LogP contribution is 2.30. The zero-order valence-corrected chi connectivity index (χ0v) is 16.7. The van der Waals surface area contributed by atoms with Crippen molar-refractivity contribution in [2.24, 2.45) is 0 Å². The molecule has 2 N–H and O–H groups in total. The molecular weight excluding hydrogens is 378 g/mol. The number of carbonyl (C=O) groups is 3. The minimum absolute atomic E-state index is 0.284. The van der Waals surface area contributed by atoms with Gasteiger partial charge in [0.15, 0.2) is 0 Å². The number of halogens is 1. The zero-order chi connectivity index (χ0) is 20.5. The van der Waals surface area contributed by atoms with Gasteiger partial charge in [0.05, 0.1) is 6.04 Å². The SMILES string of the molecule is Cc1ccccc1C1(C)NC(=O)N(CC(=O)NC(C)c2ccc(Cl)cc2)C1=O. The van der Waals surface area contributed by atoms with Gasteiger partial charge in [-0.15, -0.1) is 0 Å². The van der Waals surface area contributed by atoms with Crippen molar-refractivity contribution in [2.75, 3.05) is 6.54 Å². The first kappa shape index (κ1) is 19.9. The smallest absolute Gasteiger partial charge is 0.325 e. The molecule has 2 unspecified atom stereocenters. The molecule has 0 aliphatic carbocycles. The van der Waals surface area contributed by atoms with E-state index in [2.05, 4.69) is 10.6 Å². The number of carbonyl (C=O) groups excluding carboxylic acids is 3. The Morgan fingerprint density at radius 3 is 2.46 bits per heavy atom. The summed E-state index contributed by atoms with van der Waals surface area (Å²) in [4.78, 5) is 38.8. The average Bonchev–Trinajstić information content (AvgIpc) is 2.86. The highest BCUT2D eigenvalue weighted by Gasteiger charge is 2.50. The normalized spacial score (nSPS) is 20.1. The third-order valence-corrected chi connectivity index (χ3v) is 5.26. The second-order valence-corrected chi connectivity index (χ2v) is 7.54. The van der Waals surface area contributed by atoms with Gasteiger partial charge >= 0.3 is 6.03 Å². The van der Waals surface area contributed by atoms with E-state index in [9.17, 15) is 14.4 Å². The molecule has 1 aliphatic rings. The Balaban J connectivity index is 1.71. The summed E-state index contributed by atoms with van der Waals surface area (Å²) in [5.41, 5.74) is 1.29. The first-order chi connectivity index (χ1) is 13.2. The summed E-state index contributed by atoms with van der Waals surface area (Å²) in [6.45, 7) is 5.02. The average molecular weight is 400 g/mol. The Kier molecular flexibility index (Phi) is 5.42. The monoisotopic (exact) mass is 399 g/mol. The lowest BCUT2D eigenvalue weighted by atomic mass is 9.88. The van der Waals surface area contributed by atoms with Crippen LogP contribution in [0.15, 0.2) is 48.5 Å². The highest BCUT2D eigenvalue weighted by molar-refractivity contribution is 6.30. The molecule has 0 bridgehead atoms. The van der Waals surface area contributed by atoms with E-state index in [1.807, 2.05) is 44.2 Å². The standard InChI is InChI=1S/C21H22ClN3O3/c1-13-6-4-5-7-17(13)21(3)19(27)25(20(28)24-21)12-18(26)23-14(2)15-8-10-16(22)11-9-15/h4-11,14H,12H2,1-3H3,(H,23,26)(H,24,28). The van der Waals surface area contributed by atoms with Crippen LogP contribution in [-0.4, -0.2) is 29.3 Å². The zero-order valence-electron chi connectivity index (χ0n) is 16.0. The van der Waals surface area contributed by atoms with E-state index in [1.165, 1.54) is 0 Å². The van der Waals surface area contributed by atoms with Gasteiger partial charge in [0.25, 0.3) is 5.91 Å². The minimum Gasteiger partial charge on any atom is -0.348 e. The fraction of sp³-hybridized carbons (Fsp3) is 0.286. The first-order valence-electron chi connectivity index (χ1n) is 8.97. The molecule has 0 saturated carbocycles. The number of rotatable bonds is 5. The molecule has 7 heteroatoms. The molecule has 2 atom stereocenters. The van der Waals surface area contributed by atoms with Crippen molar-refractivity contribution in [1.29, 1.82) is 0 Å². The number of nitrogens with zero attached hydrogens (tertiary/aromatic N) is 1. The van der Waals surface area contributed by atoms with Gasteiger partial charge in [-0.1, -0.05) is 48.0 Å². The number of imide groups is 1. The maximum Gasteiger partial charge on any atom is 0.325 e. The molecule has 0 aromatic heterocycles. The van der Waals surface area contributed by atoms with Crippen molar-refractivity contribution in [2.45, 2.75) is 32.4 Å². The van der Waals surface area contributed by atoms with Gasteiger partial charge < -0.3 is 10.6 Å². The van der Waals surface area contributed by atoms with Gasteiger partial charge in [-0.2, -0.15) is 0 Å². The molecule has 6 nitrogen and oxygen atoms in total. The Labute approximate surface area is 168 Å². The molecule has 0 spiro atoms. The van der Waals surface area contributed by atoms with Crippen LogP contribution in [0.1, 0.15) is 36.6 Å². The van der Waals surface area contributed by atoms with Gasteiger partial charge in [-0.05, 0) is 49.6 Å². The molecule has 1 aliphatic heterocycles. The van der Waals surface area contributed by atoms with Gasteiger partial charge in [0.1, 0.15) is 12.1 Å². The van der Waals surface area contributed by atoms with Gasteiger partial charge in [-0.3, -0.25) is 14.5 Å². The van der Waals surface area contributed by atoms with E-state index in [0.717, 1.165) is 16.0 Å². The quantitative estimate of drug-likeness (QED) is 0.757. The molecule has 0 radical (unpaired) electrons. The number of aryl methyl sites for hydroxylation is 1. The van der Waals surface area contributed by atoms with E-state index in [-0.39, 0.29) is 12.6 Å². The number of urea groups is 1. The maximum absolute atomic E-state index is 13.0. The molecular formula is C21H22ClN3O3. The van der Waals surface area contributed by atoms with Gasteiger partial charge in [0.2, 0.25) is 5.91 Å². The van der Waals surface area contributed by atoms with E-state index < -0.39 is 23.4 Å². The number of hydrogen-bond acceptors (Lipinski definition) is 3. The molecule has 1 heterocycles. The number of hydrogen-bond donors (Lipinski definition) is 2. The largest absolute Gasteiger partial charge is 0.348 e. The highest BCUT2D eigenvalue weighted by atomic mass is 35.5. The van der Waals surface area contributed by atoms with Crippen molar-refractivity contribution in [3.05, 3.63) is 70.2 Å². The lowest BCUT2D eigenvalue weighted by Gasteiger charge is -2.24. The third kappa shape index (κ3) is 3.73. The van der Waals surface area contributed by atoms with Crippen LogP contribution in [0.3, 0.4) is 0 Å². The summed E-state index contributed by atoms with van der Waals surface area (Å²) in [5, 5.41) is 6.14. The summed E-state index contributed by atoms with van der Waals surface area (Å²) in [5.74, 6) is -0.860. The summed E-state index contributed by atoms with van der Waals surface area (Å²) in [7, 11) is 0. The summed E-state index contributed by atoms with van der Waals surface area (Å²) in [6, 6.07) is 13.6. The molecule has 3 rings (SSSR count). The Morgan fingerprint density at radius 1 is 1.18 bits per heavy atom. The van der Waals surface area contributed by atoms with Crippen LogP contribution in [-0.2, 0) is 15.1 Å². The molecule has 4 amide bonds. The Morgan fingerprint density at radius 2 is 1.82 bits per heavy atom. The number of benzene rings is 2. The summed E-state index contributed by atoms with van der Waals surface area (Å²) >= 11 is 5.88. The predicted molar refractivity (Wildman–Crippen MR) is 107 cm³/mol. The number of amides is 4. The van der Waals surface area contributed by atoms with Crippen LogP contribution >= 0.6 is 11.6 Å². The van der Waals surface area contributed by atoms with Gasteiger partial charge in [0, 0.05) is 5.02 Å². The molecule has 1 saturated heterocycles. The molecule has 2 aromatic rings. The van der Waals surface area contributed by atoms with Crippen molar-refractivity contribution < 1.29 is 14.4 Å². The third-order valence-electron chi connectivity index (χ3n) is 5.01. The molecule has 28 heavy (non-hydrogen) atoms. The topological polar surface area (TPSA) is 78.5 Å². The second-order valence-electron chi connectivity index (χ2n) is 7.10. The fourth-order valence-corrected chi connectivity index (χ4v) is 3.55. The van der Waals surface area contributed by atoms with E-state index in [1.54, 1.807) is 25.1 Å². The Hall–Kier alpha value is -2.86. The van der Waals surface area contributed by atoms with Crippen molar-refractivity contribution in [1.82, 2.24) is 15.5 Å². The van der Waals surface area contributed by atoms with Crippen LogP contribution in [0.5, 0.6) is 0 Å². The van der Waals surface area contributed by atoms with Gasteiger partial charge in [-0.25, -0.2) is 4.79 Å². The summed E-state index contributed by atoms with van der Waals surface area (Å²) < 4.78 is 0. The van der Waals surface area contributed by atoms with Crippen LogP contribution in [0.25, 0.3) is 0 Å². The first-order valence-corrected chi connectivity index (χ1v) is 9.35. The molecule has 1 fully saturated rings. The maximum atomic E-state index is 13.0. The summed E-state index contributed by atoms with van der Waals surface area (Å²) in [6.07, 6.45) is 0. The minimum atomic E-state index is -1.19. The molecule has 2 aromatic carbocycles. The Bertz CT molecular complexity index is 929. The van der Waals surface area contributed by atoms with E-state index in [4.69, 9.17) is 11.6 Å². The lowest BCUT2D eigenvalue weighted by Crippen LogP contribution is -2.43. The second kappa shape index (κ2) is 7.64. The van der Waals surface area contributed by atoms with Crippen LogP contribution in [0.4, 0.5) is 4.79 Å². The van der Waals surface area contributed by atoms with E-state index in [0.29, 0.717) is 10.6 Å². The molecule has 146 valence electrons. The van der Waals surface area contributed by atoms with Crippen LogP contribution in [0, 0.1) is 6.92 Å². The van der Waals surface area contributed by atoms with E-state index >= 15 is 0 Å². The number of nitrogens with one attached hydrogen (secondary N) is 2.